The monoisotopic (exact) mass is 503 g/mol. The highest BCUT2D eigenvalue weighted by Gasteiger charge is 2.50. The van der Waals surface area contributed by atoms with Crippen molar-refractivity contribution in [3.63, 3.8) is 0 Å². The number of para-hydroxylation sites is 1. The summed E-state index contributed by atoms with van der Waals surface area (Å²) in [6, 6.07) is 19.0. The number of benzene rings is 3. The number of fused-ring (bicyclic) bond motifs is 1. The molecular weight excluding hydrogens is 489 g/mol. The van der Waals surface area contributed by atoms with Crippen molar-refractivity contribution in [2.24, 2.45) is 0 Å². The van der Waals surface area contributed by atoms with Crippen LogP contribution in [0.4, 0.5) is 5.69 Å². The van der Waals surface area contributed by atoms with Crippen LogP contribution in [-0.4, -0.2) is 16.8 Å². The Kier molecular flexibility index (Phi) is 5.73. The maximum Gasteiger partial charge on any atom is 0.264 e. The van der Waals surface area contributed by atoms with Crippen LogP contribution in [0.3, 0.4) is 0 Å². The fraction of sp³-hybridized carbons (Fsp3) is 0.130. The van der Waals surface area contributed by atoms with Crippen LogP contribution in [0.2, 0.25) is 10.0 Å². The Balaban J connectivity index is 1.68. The molecule has 0 saturated carbocycles. The minimum atomic E-state index is -1.94. The zero-order valence-corrected chi connectivity index (χ0v) is 18.7. The van der Waals surface area contributed by atoms with E-state index in [1.807, 2.05) is 0 Å². The van der Waals surface area contributed by atoms with Gasteiger partial charge in [-0.05, 0) is 35.9 Å². The lowest BCUT2D eigenvalue weighted by Gasteiger charge is -2.23. The van der Waals surface area contributed by atoms with E-state index in [0.717, 1.165) is 10.0 Å². The van der Waals surface area contributed by atoms with Gasteiger partial charge in [0.2, 0.25) is 0 Å². The minimum absolute atomic E-state index is 0.195. The van der Waals surface area contributed by atoms with Crippen LogP contribution >= 0.6 is 39.1 Å². The summed E-state index contributed by atoms with van der Waals surface area (Å²) in [5.74, 6) is -0.864. The molecular formula is C23H16BrCl2NO3. The van der Waals surface area contributed by atoms with Crippen molar-refractivity contribution in [3.05, 3.63) is 97.9 Å². The van der Waals surface area contributed by atoms with Gasteiger partial charge in [0, 0.05) is 15.6 Å². The molecule has 0 unspecified atom stereocenters. The highest BCUT2D eigenvalue weighted by atomic mass is 79.9. The predicted octanol–water partition coefficient (Wildman–Crippen LogP) is 5.76. The Bertz CT molecular complexity index is 1170. The molecule has 1 heterocycles. The summed E-state index contributed by atoms with van der Waals surface area (Å²) in [5, 5.41) is 12.2. The van der Waals surface area contributed by atoms with Gasteiger partial charge in [-0.2, -0.15) is 0 Å². The number of carbonyl (C=O) groups is 2. The molecule has 1 aliphatic heterocycles. The number of halogens is 3. The molecule has 1 N–H and O–H groups in total. The number of ketones is 1. The fourth-order valence-corrected chi connectivity index (χ4v) is 4.37. The van der Waals surface area contributed by atoms with Crippen LogP contribution < -0.4 is 4.90 Å². The van der Waals surface area contributed by atoms with Crippen molar-refractivity contribution in [1.29, 1.82) is 0 Å². The van der Waals surface area contributed by atoms with Crippen LogP contribution in [-0.2, 0) is 16.9 Å². The van der Waals surface area contributed by atoms with Crippen LogP contribution in [0.15, 0.2) is 71.2 Å². The van der Waals surface area contributed by atoms with Gasteiger partial charge in [-0.25, -0.2) is 0 Å². The molecule has 0 spiro atoms. The topological polar surface area (TPSA) is 57.6 Å². The summed E-state index contributed by atoms with van der Waals surface area (Å²) in [7, 11) is 0. The molecule has 4 nitrogen and oxygen atoms in total. The summed E-state index contributed by atoms with van der Waals surface area (Å²) in [6.45, 7) is 0.195. The molecule has 3 aromatic carbocycles. The number of carbonyl (C=O) groups excluding carboxylic acids is 2. The Morgan fingerprint density at radius 1 is 1.00 bits per heavy atom. The fourth-order valence-electron chi connectivity index (χ4n) is 3.65. The van der Waals surface area contributed by atoms with Crippen LogP contribution in [0, 0.1) is 0 Å². The zero-order valence-electron chi connectivity index (χ0n) is 15.6. The second-order valence-corrected chi connectivity index (χ2v) is 8.86. The minimum Gasteiger partial charge on any atom is -0.375 e. The van der Waals surface area contributed by atoms with Gasteiger partial charge >= 0.3 is 0 Å². The second kappa shape index (κ2) is 8.16. The smallest absolute Gasteiger partial charge is 0.264 e. The lowest BCUT2D eigenvalue weighted by molar-refractivity contribution is -0.136. The molecule has 0 saturated heterocycles. The summed E-state index contributed by atoms with van der Waals surface area (Å²) in [6.07, 6.45) is -0.350. The van der Waals surface area contributed by atoms with Gasteiger partial charge in [-0.1, -0.05) is 75.5 Å². The molecule has 1 amide bonds. The van der Waals surface area contributed by atoms with Gasteiger partial charge in [-0.15, -0.1) is 0 Å². The van der Waals surface area contributed by atoms with E-state index in [0.29, 0.717) is 26.9 Å². The first-order valence-electron chi connectivity index (χ1n) is 9.16. The van der Waals surface area contributed by atoms with Crippen molar-refractivity contribution >= 4 is 56.5 Å². The number of amides is 1. The normalized spacial score (nSPS) is 17.9. The predicted molar refractivity (Wildman–Crippen MR) is 121 cm³/mol. The molecule has 1 atom stereocenters. The van der Waals surface area contributed by atoms with E-state index in [-0.39, 0.29) is 18.7 Å². The van der Waals surface area contributed by atoms with E-state index in [9.17, 15) is 14.7 Å². The Labute approximate surface area is 192 Å². The summed E-state index contributed by atoms with van der Waals surface area (Å²) >= 11 is 15.4. The zero-order chi connectivity index (χ0) is 21.5. The third-order valence-electron chi connectivity index (χ3n) is 5.13. The van der Waals surface area contributed by atoms with E-state index in [1.54, 1.807) is 66.7 Å². The lowest BCUT2D eigenvalue weighted by Crippen LogP contribution is -2.41. The van der Waals surface area contributed by atoms with Crippen molar-refractivity contribution in [2.75, 3.05) is 4.90 Å². The largest absolute Gasteiger partial charge is 0.375 e. The molecule has 30 heavy (non-hydrogen) atoms. The average molecular weight is 505 g/mol. The number of anilines is 1. The maximum atomic E-state index is 13.3. The number of Topliss-reactive ketones (excluding diaryl/α,β-unsaturated/α-hetero) is 1. The van der Waals surface area contributed by atoms with E-state index in [1.165, 1.54) is 4.90 Å². The average Bonchev–Trinajstić information content (AvgIpc) is 2.93. The molecule has 152 valence electrons. The van der Waals surface area contributed by atoms with E-state index < -0.39 is 11.5 Å². The molecule has 0 aromatic heterocycles. The van der Waals surface area contributed by atoms with Gasteiger partial charge in [0.05, 0.1) is 28.7 Å². The summed E-state index contributed by atoms with van der Waals surface area (Å²) in [4.78, 5) is 27.7. The second-order valence-electron chi connectivity index (χ2n) is 7.13. The molecule has 0 aliphatic carbocycles. The van der Waals surface area contributed by atoms with Crippen molar-refractivity contribution in [3.8, 4) is 0 Å². The summed E-state index contributed by atoms with van der Waals surface area (Å²) in [5.41, 5.74) is 0.226. The first kappa shape index (κ1) is 21.1. The molecule has 7 heteroatoms. The SMILES string of the molecule is O=C(C[C@@]1(O)C(=O)N(Cc2ccc(Cl)c(Cl)c2)c2ccccc21)c1cccc(Br)c1. The van der Waals surface area contributed by atoms with Crippen molar-refractivity contribution in [2.45, 2.75) is 18.6 Å². The number of nitrogens with zero attached hydrogens (tertiary/aromatic N) is 1. The number of rotatable bonds is 5. The van der Waals surface area contributed by atoms with Gasteiger partial charge in [0.25, 0.3) is 5.91 Å². The molecule has 1 aliphatic rings. The first-order chi connectivity index (χ1) is 14.3. The van der Waals surface area contributed by atoms with Gasteiger partial charge < -0.3 is 10.0 Å². The van der Waals surface area contributed by atoms with Crippen molar-refractivity contribution < 1.29 is 14.7 Å². The Morgan fingerprint density at radius 2 is 1.77 bits per heavy atom. The maximum absolute atomic E-state index is 13.3. The van der Waals surface area contributed by atoms with Crippen LogP contribution in [0.5, 0.6) is 0 Å². The van der Waals surface area contributed by atoms with Crippen molar-refractivity contribution in [1.82, 2.24) is 0 Å². The van der Waals surface area contributed by atoms with Gasteiger partial charge in [0.1, 0.15) is 0 Å². The Morgan fingerprint density at radius 3 is 2.50 bits per heavy atom. The molecule has 3 aromatic rings. The van der Waals surface area contributed by atoms with E-state index in [2.05, 4.69) is 15.9 Å². The highest BCUT2D eigenvalue weighted by Crippen LogP contribution is 2.43. The number of hydrogen-bond donors (Lipinski definition) is 1. The third-order valence-corrected chi connectivity index (χ3v) is 6.36. The molecule has 0 radical (unpaired) electrons. The number of aliphatic hydroxyl groups is 1. The molecule has 4 rings (SSSR count). The molecule has 0 bridgehead atoms. The van der Waals surface area contributed by atoms with E-state index >= 15 is 0 Å². The van der Waals surface area contributed by atoms with Gasteiger partial charge in [-0.3, -0.25) is 9.59 Å². The van der Waals surface area contributed by atoms with Crippen LogP contribution in [0.1, 0.15) is 27.9 Å². The van der Waals surface area contributed by atoms with Gasteiger partial charge in [0.15, 0.2) is 11.4 Å². The first-order valence-corrected chi connectivity index (χ1v) is 10.7. The standard InChI is InChI=1S/C23H16BrCl2NO3/c24-16-5-3-4-15(11-16)21(28)12-23(30)17-6-1-2-7-20(17)27(22(23)29)13-14-8-9-18(25)19(26)10-14/h1-11,30H,12-13H2/t23-/m0/s1. The highest BCUT2D eigenvalue weighted by molar-refractivity contribution is 9.10. The van der Waals surface area contributed by atoms with E-state index in [4.69, 9.17) is 23.2 Å². The molecule has 0 fully saturated rings. The quantitative estimate of drug-likeness (QED) is 0.449. The number of hydrogen-bond acceptors (Lipinski definition) is 3. The third kappa shape index (κ3) is 3.79. The Hall–Kier alpha value is -2.18. The summed E-state index contributed by atoms with van der Waals surface area (Å²) < 4.78 is 0.750. The lowest BCUT2D eigenvalue weighted by atomic mass is 9.88. The van der Waals surface area contributed by atoms with Crippen LogP contribution in [0.25, 0.3) is 0 Å².